The quantitative estimate of drug-likeness (QED) is 0.700. The van der Waals surface area contributed by atoms with E-state index < -0.39 is 22.2 Å². The fraction of sp³-hybridized carbons (Fsp3) is 0.438. The highest BCUT2D eigenvalue weighted by Gasteiger charge is 3.03. The van der Waals surface area contributed by atoms with Crippen LogP contribution in [0.4, 0.5) is 0 Å². The van der Waals surface area contributed by atoms with Gasteiger partial charge in [-0.3, -0.25) is 5.73 Å². The van der Waals surface area contributed by atoms with E-state index in [-0.39, 0.29) is 5.84 Å². The Morgan fingerprint density at radius 3 is 2.32 bits per heavy atom. The highest BCUT2D eigenvalue weighted by Crippen LogP contribution is 2.82. The summed E-state index contributed by atoms with van der Waals surface area (Å²) in [5, 5.41) is 20.0. The smallest absolute Gasteiger partial charge is 0.311 e. The summed E-state index contributed by atoms with van der Waals surface area (Å²) in [4.78, 5) is 2.94. The van der Waals surface area contributed by atoms with Gasteiger partial charge in [0.2, 0.25) is 0 Å². The number of ether oxygens (including phenoxy) is 2. The van der Waals surface area contributed by atoms with Crippen LogP contribution in [0.3, 0.4) is 0 Å². The normalized spacial score (nSPS) is 40.6. The van der Waals surface area contributed by atoms with Gasteiger partial charge in [0.25, 0.3) is 5.84 Å². The Balaban J connectivity index is 2.03. The molecule has 1 saturated heterocycles. The zero-order valence-electron chi connectivity index (χ0n) is 12.1. The first kappa shape index (κ1) is 13.3. The first-order valence-electron chi connectivity index (χ1n) is 7.13. The van der Waals surface area contributed by atoms with E-state index >= 15 is 0 Å². The number of rotatable bonds is 1. The van der Waals surface area contributed by atoms with Crippen LogP contribution in [0.1, 0.15) is 12.5 Å². The molecule has 1 saturated carbocycles. The molecule has 2 heterocycles. The Kier molecular flexibility index (Phi) is 2.21. The molecule has 0 radical (unpaired) electrons. The minimum Gasteiger partial charge on any atom is -0.311 e. The summed E-state index contributed by atoms with van der Waals surface area (Å²) in [6.45, 7) is 2.60. The third-order valence-corrected chi connectivity index (χ3v) is 5.58. The van der Waals surface area contributed by atoms with Crippen LogP contribution in [-0.4, -0.2) is 25.0 Å². The lowest BCUT2D eigenvalue weighted by molar-refractivity contribution is -0.677. The Labute approximate surface area is 127 Å². The van der Waals surface area contributed by atoms with Crippen LogP contribution in [0.2, 0.25) is 0 Å². The maximum atomic E-state index is 10.0. The lowest BCUT2D eigenvalue weighted by Crippen LogP contribution is -2.90. The summed E-state index contributed by atoms with van der Waals surface area (Å²) < 4.78 is 11.5. The number of hydrogen-bond acceptors (Lipinski definition) is 5. The van der Waals surface area contributed by atoms with Gasteiger partial charge in [-0.05, 0) is 5.56 Å². The molecule has 4 rings (SSSR count). The van der Waals surface area contributed by atoms with Crippen molar-refractivity contribution in [3.05, 3.63) is 35.9 Å². The van der Waals surface area contributed by atoms with Gasteiger partial charge >= 0.3 is 5.91 Å². The van der Waals surface area contributed by atoms with Crippen molar-refractivity contribution in [2.24, 2.45) is 16.6 Å². The van der Waals surface area contributed by atoms with E-state index in [2.05, 4.69) is 17.1 Å². The minimum atomic E-state index is -1.36. The molecule has 0 aromatic heterocycles. The van der Waals surface area contributed by atoms with Gasteiger partial charge in [-0.25, -0.2) is 4.99 Å². The third kappa shape index (κ3) is 0.945. The molecule has 1 aromatic rings. The maximum absolute atomic E-state index is 10.0. The number of nitrogens with one attached hydrogen (secondary N) is 1. The lowest BCUT2D eigenvalue weighted by atomic mass is 9.85. The molecule has 3 atom stereocenters. The second kappa shape index (κ2) is 3.67. The number of fused-ring (bicyclic) bond motifs is 2. The van der Waals surface area contributed by atoms with Gasteiger partial charge in [0.15, 0.2) is 10.8 Å². The fourth-order valence-electron chi connectivity index (χ4n) is 4.56. The number of benzene rings is 1. The third-order valence-electron chi connectivity index (χ3n) is 5.58. The molecule has 1 aromatic carbocycles. The molecule has 2 fully saturated rings. The second-order valence-electron chi connectivity index (χ2n) is 6.07. The predicted octanol–water partition coefficient (Wildman–Crippen LogP) is -0.870. The summed E-state index contributed by atoms with van der Waals surface area (Å²) in [5.41, 5.74) is 3.84. The van der Waals surface area contributed by atoms with Gasteiger partial charge < -0.3 is 9.47 Å². The van der Waals surface area contributed by atoms with Gasteiger partial charge in [0, 0.05) is 0 Å². The summed E-state index contributed by atoms with van der Waals surface area (Å²) in [6.07, 6.45) is 0. The highest BCUT2D eigenvalue weighted by atomic mass is 16.8. The topological polar surface area (TPSA) is 106 Å². The van der Waals surface area contributed by atoms with Gasteiger partial charge in [0.1, 0.15) is 0 Å². The number of amidine groups is 1. The Morgan fingerprint density at radius 1 is 1.14 bits per heavy atom. The van der Waals surface area contributed by atoms with Crippen LogP contribution < -0.4 is 10.7 Å². The van der Waals surface area contributed by atoms with Gasteiger partial charge in [-0.1, -0.05) is 37.3 Å². The number of nitrogens with two attached hydrogens (primary N) is 1. The SMILES string of the molecule is C[C@]1(c2ccccc2)[C@]2(C#N)C(N)=[NH+]C3(OCCO3)[C@@]21C#N. The zero-order chi connectivity index (χ0) is 15.6. The van der Waals surface area contributed by atoms with E-state index in [1.807, 2.05) is 37.3 Å². The monoisotopic (exact) mass is 295 g/mol. The largest absolute Gasteiger partial charge is 0.343 e. The van der Waals surface area contributed by atoms with Gasteiger partial charge in [-0.2, -0.15) is 10.5 Å². The molecule has 3 N–H and O–H groups in total. The number of nitrogens with zero attached hydrogens (tertiary/aromatic N) is 2. The first-order valence-corrected chi connectivity index (χ1v) is 7.13. The molecule has 110 valence electrons. The van der Waals surface area contributed by atoms with E-state index in [1.165, 1.54) is 0 Å². The Morgan fingerprint density at radius 2 is 1.77 bits per heavy atom. The van der Waals surface area contributed by atoms with Crippen LogP contribution >= 0.6 is 0 Å². The van der Waals surface area contributed by atoms with Crippen molar-refractivity contribution in [1.82, 2.24) is 0 Å². The van der Waals surface area contributed by atoms with Crippen molar-refractivity contribution in [1.29, 1.82) is 10.5 Å². The molecule has 3 aliphatic rings. The Bertz CT molecular complexity index is 772. The van der Waals surface area contributed by atoms with Crippen molar-refractivity contribution in [3.8, 4) is 12.1 Å². The summed E-state index contributed by atoms with van der Waals surface area (Å²) in [5.74, 6) is -1.11. The molecule has 0 amide bonds. The van der Waals surface area contributed by atoms with Gasteiger partial charge in [0.05, 0.1) is 30.8 Å². The minimum absolute atomic E-state index is 0.241. The second-order valence-corrected chi connectivity index (χ2v) is 6.07. The first-order chi connectivity index (χ1) is 10.6. The predicted molar refractivity (Wildman–Crippen MR) is 74.7 cm³/mol. The highest BCUT2D eigenvalue weighted by molar-refractivity contribution is 5.97. The van der Waals surface area contributed by atoms with E-state index in [9.17, 15) is 10.5 Å². The summed E-state index contributed by atoms with van der Waals surface area (Å²) >= 11 is 0. The van der Waals surface area contributed by atoms with Crippen molar-refractivity contribution in [2.45, 2.75) is 18.2 Å². The average Bonchev–Trinajstić information content (AvgIpc) is 2.83. The van der Waals surface area contributed by atoms with Crippen LogP contribution in [-0.2, 0) is 14.9 Å². The van der Waals surface area contributed by atoms with Crippen LogP contribution in [0.5, 0.6) is 0 Å². The molecule has 1 spiro atoms. The summed E-state index contributed by atoms with van der Waals surface area (Å²) in [6, 6.07) is 14.1. The molecule has 22 heavy (non-hydrogen) atoms. The lowest BCUT2D eigenvalue weighted by Gasteiger charge is -2.27. The fourth-order valence-corrected chi connectivity index (χ4v) is 4.56. The molecule has 0 unspecified atom stereocenters. The van der Waals surface area contributed by atoms with E-state index in [4.69, 9.17) is 15.2 Å². The molecule has 0 bridgehead atoms. The van der Waals surface area contributed by atoms with Gasteiger partial charge in [-0.15, -0.1) is 0 Å². The van der Waals surface area contributed by atoms with Crippen molar-refractivity contribution >= 4 is 5.84 Å². The maximum Gasteiger partial charge on any atom is 0.343 e. The van der Waals surface area contributed by atoms with E-state index in [0.29, 0.717) is 13.2 Å². The van der Waals surface area contributed by atoms with Crippen molar-refractivity contribution < 1.29 is 14.5 Å². The summed E-state index contributed by atoms with van der Waals surface area (Å²) in [7, 11) is 0. The molecular weight excluding hydrogens is 280 g/mol. The van der Waals surface area contributed by atoms with Crippen LogP contribution in [0.25, 0.3) is 0 Å². The van der Waals surface area contributed by atoms with E-state index in [1.54, 1.807) is 0 Å². The Hall–Kier alpha value is -2.41. The molecular formula is C16H15N4O2+. The number of nitriles is 2. The number of hydrogen-bond donors (Lipinski definition) is 2. The molecule has 1 aliphatic carbocycles. The molecule has 6 heteroatoms. The van der Waals surface area contributed by atoms with Crippen LogP contribution in [0.15, 0.2) is 30.3 Å². The standard InChI is InChI=1S/C16H14N4O2/c1-13(11-5-3-2-4-6-11)14(9-17)12(19)20-16(15(13,14)10-18)21-7-8-22-16/h2-6H,7-8H2,1H3,(H2,19,20)/p+1/t13-,14-,15+/m0/s1. The average molecular weight is 295 g/mol. The van der Waals surface area contributed by atoms with Crippen LogP contribution in [0, 0.1) is 33.5 Å². The molecule has 2 aliphatic heterocycles. The van der Waals surface area contributed by atoms with Crippen molar-refractivity contribution in [3.63, 3.8) is 0 Å². The van der Waals surface area contributed by atoms with Crippen molar-refractivity contribution in [2.75, 3.05) is 13.2 Å². The molecule has 6 nitrogen and oxygen atoms in total. The van der Waals surface area contributed by atoms with E-state index in [0.717, 1.165) is 5.56 Å². The zero-order valence-corrected chi connectivity index (χ0v) is 12.1.